The SMILES string of the molecule is O.O=[N+]([O-])[O-].[Th]. The summed E-state index contributed by atoms with van der Waals surface area (Å²) in [5.74, 6) is 0. The Morgan fingerprint density at radius 3 is 1.33 bits per heavy atom. The predicted octanol–water partition coefficient (Wildman–Crippen LogP) is -1.06. The van der Waals surface area contributed by atoms with Gasteiger partial charge in [0.2, 0.25) is 0 Å². The molecule has 0 aliphatic heterocycles. The van der Waals surface area contributed by atoms with Crippen molar-refractivity contribution in [2.75, 3.05) is 0 Å². The van der Waals surface area contributed by atoms with Crippen molar-refractivity contribution in [1.82, 2.24) is 0 Å². The zero-order chi connectivity index (χ0) is 3.58. The maximum atomic E-state index is 8.25. The Morgan fingerprint density at radius 2 is 1.33 bits per heavy atom. The fraction of sp³-hybridized carbons (Fsp3) is 0. The first-order chi connectivity index (χ1) is 1.73. The van der Waals surface area contributed by atoms with Crippen molar-refractivity contribution in [2.24, 2.45) is 0 Å². The molecule has 0 aromatic rings. The van der Waals surface area contributed by atoms with E-state index in [1.807, 2.05) is 0 Å². The van der Waals surface area contributed by atoms with E-state index in [0.717, 1.165) is 0 Å². The molecule has 0 aromatic heterocycles. The molecule has 0 heterocycles. The Morgan fingerprint density at radius 1 is 1.33 bits per heavy atom. The largest absolute Gasteiger partial charge is 0.412 e. The van der Waals surface area contributed by atoms with E-state index in [1.165, 1.54) is 0 Å². The predicted molar refractivity (Wildman–Crippen MR) is 14.0 cm³/mol. The summed E-state index contributed by atoms with van der Waals surface area (Å²) in [6, 6.07) is 0. The van der Waals surface area contributed by atoms with Gasteiger partial charge < -0.3 is 20.8 Å². The van der Waals surface area contributed by atoms with Crippen LogP contribution in [-0.2, 0) is 0 Å². The van der Waals surface area contributed by atoms with Gasteiger partial charge in [-0.05, 0) is 0 Å². The van der Waals surface area contributed by atoms with Gasteiger partial charge in [0.1, 0.15) is 0 Å². The molecule has 0 fully saturated rings. The van der Waals surface area contributed by atoms with Crippen LogP contribution in [0.15, 0.2) is 0 Å². The summed E-state index contributed by atoms with van der Waals surface area (Å²) in [7, 11) is 0. The van der Waals surface area contributed by atoms with Crippen molar-refractivity contribution in [3.8, 4) is 0 Å². The van der Waals surface area contributed by atoms with E-state index in [0.29, 0.717) is 0 Å². The van der Waals surface area contributed by atoms with Gasteiger partial charge in [0.25, 0.3) is 0 Å². The molecule has 0 radical (unpaired) electrons. The fourth-order valence-corrected chi connectivity index (χ4v) is 0. The van der Waals surface area contributed by atoms with Crippen LogP contribution in [-0.4, -0.2) is 10.6 Å². The molecule has 0 bridgehead atoms. The summed E-state index contributed by atoms with van der Waals surface area (Å²) >= 11 is 0. The zero-order valence-corrected chi connectivity index (χ0v) is 6.78. The Kier molecular flexibility index (Phi) is 24.3. The third kappa shape index (κ3) is 232. The van der Waals surface area contributed by atoms with E-state index in [4.69, 9.17) is 15.3 Å². The second kappa shape index (κ2) is 9.08. The van der Waals surface area contributed by atoms with Crippen molar-refractivity contribution in [3.05, 3.63) is 15.3 Å². The van der Waals surface area contributed by atoms with Gasteiger partial charge in [-0.1, -0.05) is 0 Å². The second-order valence-electron chi connectivity index (χ2n) is 0.224. The van der Waals surface area contributed by atoms with Gasteiger partial charge in [-0.25, -0.2) is 0 Å². The average Bonchev–Trinajstić information content (AvgIpc) is 0.811. The molecule has 5 nitrogen and oxygen atoms in total. The van der Waals surface area contributed by atoms with E-state index in [-0.39, 0.29) is 45.4 Å². The standard InChI is InChI=1S/NO3.H2O.Th/c2-1(3)4;;/h;1H2;/q-1;;. The van der Waals surface area contributed by atoms with Crippen LogP contribution in [0.25, 0.3) is 0 Å². The number of nitrogens with zero attached hydrogens (tertiary/aromatic N) is 1. The van der Waals surface area contributed by atoms with Crippen molar-refractivity contribution in [1.29, 1.82) is 0 Å². The maximum Gasteiger partial charge on any atom is 0.0689 e. The van der Waals surface area contributed by atoms with Crippen LogP contribution in [0.1, 0.15) is 0 Å². The van der Waals surface area contributed by atoms with Crippen LogP contribution >= 0.6 is 0 Å². The minimum Gasteiger partial charge on any atom is -0.412 e. The second-order valence-corrected chi connectivity index (χ2v) is 0.224. The van der Waals surface area contributed by atoms with Gasteiger partial charge in [-0.2, -0.15) is 0 Å². The Labute approximate surface area is 65.4 Å². The molecule has 2 N–H and O–H groups in total. The van der Waals surface area contributed by atoms with E-state index < -0.39 is 5.09 Å². The zero-order valence-electron chi connectivity index (χ0n) is 2.67. The van der Waals surface area contributed by atoms with E-state index in [9.17, 15) is 0 Å². The molecule has 0 spiro atoms. The molecule has 0 amide bonds. The van der Waals surface area contributed by atoms with Crippen molar-refractivity contribution in [2.45, 2.75) is 0 Å². The first kappa shape index (κ1) is 16.1. The Balaban J connectivity index is -0.0000000450. The van der Waals surface area contributed by atoms with Crippen LogP contribution < -0.4 is 0 Å². The minimum absolute atomic E-state index is 0. The smallest absolute Gasteiger partial charge is 0.0689 e. The van der Waals surface area contributed by atoms with Gasteiger partial charge in [-0.3, -0.25) is 0 Å². The Hall–Kier alpha value is 0.485. The first-order valence-electron chi connectivity index (χ1n) is 0.548. The third-order valence-corrected chi connectivity index (χ3v) is 0. The molecule has 0 aliphatic carbocycles. The molecule has 0 unspecified atom stereocenters. The number of rotatable bonds is 0. The average molecular weight is 312 g/mol. The van der Waals surface area contributed by atoms with Crippen LogP contribution in [0.5, 0.6) is 0 Å². The third-order valence-electron chi connectivity index (χ3n) is 0. The molecule has 0 saturated heterocycles. The summed E-state index contributed by atoms with van der Waals surface area (Å²) in [4.78, 5) is 8.25. The van der Waals surface area contributed by atoms with Crippen LogP contribution in [0.2, 0.25) is 0 Å². The fourth-order valence-electron chi connectivity index (χ4n) is 0. The summed E-state index contributed by atoms with van der Waals surface area (Å²) in [5, 5.41) is 14.8. The van der Waals surface area contributed by atoms with Crippen LogP contribution in [0.4, 0.5) is 0 Å². The molecule has 0 saturated carbocycles. The summed E-state index contributed by atoms with van der Waals surface area (Å²) in [6.07, 6.45) is 0. The van der Waals surface area contributed by atoms with Gasteiger partial charge >= 0.3 is 0 Å². The number of hydrogen-bond acceptors (Lipinski definition) is 3. The molecular formula is H2NO4Th-. The topological polar surface area (TPSA) is 97.7 Å². The number of hydrogen-bond donors (Lipinski definition) is 0. The molecule has 36 valence electrons. The van der Waals surface area contributed by atoms with Crippen molar-refractivity contribution in [3.63, 3.8) is 0 Å². The normalized spacial score (nSPS) is 4.00. The van der Waals surface area contributed by atoms with Crippen LogP contribution in [0, 0.1) is 55.3 Å². The van der Waals surface area contributed by atoms with Crippen molar-refractivity contribution >= 4 is 0 Å². The summed E-state index contributed by atoms with van der Waals surface area (Å²) < 4.78 is 0. The van der Waals surface area contributed by atoms with Gasteiger partial charge in [0.05, 0.1) is 5.09 Å². The van der Waals surface area contributed by atoms with Crippen molar-refractivity contribution < 1.29 is 50.5 Å². The molecule has 0 rings (SSSR count). The first-order valence-corrected chi connectivity index (χ1v) is 0.548. The molecule has 6 heavy (non-hydrogen) atoms. The Bertz CT molecular complexity index is 30.5. The van der Waals surface area contributed by atoms with Crippen LogP contribution in [0.3, 0.4) is 0 Å². The summed E-state index contributed by atoms with van der Waals surface area (Å²) in [6.45, 7) is 0. The molecule has 6 heteroatoms. The quantitative estimate of drug-likeness (QED) is 0.421. The van der Waals surface area contributed by atoms with E-state index >= 15 is 0 Å². The van der Waals surface area contributed by atoms with E-state index in [2.05, 4.69) is 0 Å². The van der Waals surface area contributed by atoms with Gasteiger partial charge in [-0.15, -0.1) is 0 Å². The molecule has 0 atom stereocenters. The van der Waals surface area contributed by atoms with Gasteiger partial charge in [0, 0.05) is 39.9 Å². The summed E-state index contributed by atoms with van der Waals surface area (Å²) in [5.41, 5.74) is 0. The molecular weight excluding hydrogens is 310 g/mol. The monoisotopic (exact) mass is 312 g/mol. The minimum atomic E-state index is -1.75. The van der Waals surface area contributed by atoms with E-state index in [1.54, 1.807) is 0 Å². The molecule has 0 aromatic carbocycles. The van der Waals surface area contributed by atoms with Gasteiger partial charge in [0.15, 0.2) is 0 Å². The molecule has 0 aliphatic rings. The maximum absolute atomic E-state index is 8.25.